The largest absolute Gasteiger partial charge is 0.416 e. The molecule has 3 nitrogen and oxygen atoms in total. The van der Waals surface area contributed by atoms with E-state index in [0.717, 1.165) is 31.2 Å². The lowest BCUT2D eigenvalue weighted by molar-refractivity contribution is -0.143. The van der Waals surface area contributed by atoms with Crippen molar-refractivity contribution < 1.29 is 36.2 Å². The topological polar surface area (TPSA) is 32.7 Å². The second kappa shape index (κ2) is 10.3. The Balaban J connectivity index is 1.90. The summed E-state index contributed by atoms with van der Waals surface area (Å²) < 4.78 is 85.6. The third-order valence-electron chi connectivity index (χ3n) is 6.74. The first-order chi connectivity index (χ1) is 15.9. The number of nitrogens with zero attached hydrogens (tertiary/aromatic N) is 1. The van der Waals surface area contributed by atoms with Crippen molar-refractivity contribution in [2.24, 2.45) is 0 Å². The standard InChI is InChI=1S/C25H29F6NO2/c1-32(2)21-8-10-23(11-9-21,18-6-4-3-5-7-18)16-34-22(15-33)17-12-19(24(26,27)28)14-20(13-17)25(29,30)31/h3-7,12-14,21-22,33H,8-11,15-16H2,1-2H3/t21?,22-,23?/m1/s1. The minimum atomic E-state index is -4.97. The van der Waals surface area contributed by atoms with Crippen LogP contribution in [0.25, 0.3) is 0 Å². The molecule has 1 saturated carbocycles. The Morgan fingerprint density at radius 2 is 1.47 bits per heavy atom. The molecule has 0 unspecified atom stereocenters. The number of ether oxygens (including phenoxy) is 1. The molecule has 1 aliphatic carbocycles. The second-order valence-corrected chi connectivity index (χ2v) is 9.16. The van der Waals surface area contributed by atoms with Gasteiger partial charge in [-0.3, -0.25) is 0 Å². The van der Waals surface area contributed by atoms with Crippen LogP contribution in [0.4, 0.5) is 26.3 Å². The van der Waals surface area contributed by atoms with Gasteiger partial charge in [0, 0.05) is 11.5 Å². The van der Waals surface area contributed by atoms with Gasteiger partial charge in [-0.05, 0) is 69.1 Å². The van der Waals surface area contributed by atoms with Crippen molar-refractivity contribution in [1.29, 1.82) is 0 Å². The zero-order chi connectivity index (χ0) is 25.1. The van der Waals surface area contributed by atoms with E-state index in [9.17, 15) is 31.4 Å². The summed E-state index contributed by atoms with van der Waals surface area (Å²) >= 11 is 0. The van der Waals surface area contributed by atoms with Crippen molar-refractivity contribution in [1.82, 2.24) is 4.90 Å². The maximum Gasteiger partial charge on any atom is 0.416 e. The molecule has 34 heavy (non-hydrogen) atoms. The van der Waals surface area contributed by atoms with Crippen LogP contribution in [0.5, 0.6) is 0 Å². The number of benzene rings is 2. The summed E-state index contributed by atoms with van der Waals surface area (Å²) in [6, 6.07) is 11.3. The van der Waals surface area contributed by atoms with Crippen molar-refractivity contribution in [3.05, 3.63) is 70.8 Å². The first kappa shape index (κ1) is 26.5. The predicted molar refractivity (Wildman–Crippen MR) is 116 cm³/mol. The Bertz CT molecular complexity index is 902. The Hall–Kier alpha value is -2.10. The van der Waals surface area contributed by atoms with Gasteiger partial charge in [-0.25, -0.2) is 0 Å². The fourth-order valence-corrected chi connectivity index (χ4v) is 4.66. The molecule has 0 spiro atoms. The van der Waals surface area contributed by atoms with Gasteiger partial charge < -0.3 is 14.7 Å². The number of halogens is 6. The molecule has 1 atom stereocenters. The Morgan fingerprint density at radius 1 is 0.941 bits per heavy atom. The van der Waals surface area contributed by atoms with Gasteiger partial charge in [0.15, 0.2) is 0 Å². The van der Waals surface area contributed by atoms with Gasteiger partial charge in [-0.2, -0.15) is 26.3 Å². The smallest absolute Gasteiger partial charge is 0.393 e. The molecule has 0 aliphatic heterocycles. The third-order valence-corrected chi connectivity index (χ3v) is 6.74. The van der Waals surface area contributed by atoms with Crippen molar-refractivity contribution in [2.75, 3.05) is 27.3 Å². The van der Waals surface area contributed by atoms with Gasteiger partial charge in [-0.15, -0.1) is 0 Å². The monoisotopic (exact) mass is 489 g/mol. The molecule has 0 amide bonds. The maximum absolute atomic E-state index is 13.3. The fraction of sp³-hybridized carbons (Fsp3) is 0.520. The SMILES string of the molecule is CN(C)C1CCC(CO[C@H](CO)c2cc(C(F)(F)F)cc(C(F)(F)F)c2)(c2ccccc2)CC1. The molecule has 2 aromatic rings. The van der Waals surface area contributed by atoms with E-state index in [1.54, 1.807) is 0 Å². The molecule has 0 saturated heterocycles. The summed E-state index contributed by atoms with van der Waals surface area (Å²) in [6.45, 7) is -0.677. The molecular weight excluding hydrogens is 460 g/mol. The van der Waals surface area contributed by atoms with Crippen LogP contribution in [0.1, 0.15) is 54.0 Å². The summed E-state index contributed by atoms with van der Waals surface area (Å²) in [5, 5.41) is 9.87. The van der Waals surface area contributed by atoms with E-state index in [1.165, 1.54) is 0 Å². The molecule has 0 heterocycles. The lowest BCUT2D eigenvalue weighted by atomic mass is 9.68. The van der Waals surface area contributed by atoms with E-state index in [4.69, 9.17) is 4.74 Å². The molecule has 0 bridgehead atoms. The number of hydrogen-bond acceptors (Lipinski definition) is 3. The lowest BCUT2D eigenvalue weighted by Gasteiger charge is -2.43. The first-order valence-electron chi connectivity index (χ1n) is 11.1. The summed E-state index contributed by atoms with van der Waals surface area (Å²) in [5.41, 5.74) is -2.65. The third kappa shape index (κ3) is 6.12. The van der Waals surface area contributed by atoms with Crippen LogP contribution >= 0.6 is 0 Å². The molecule has 1 fully saturated rings. The van der Waals surface area contributed by atoms with Crippen LogP contribution in [-0.2, 0) is 22.5 Å². The highest BCUT2D eigenvalue weighted by Gasteiger charge is 2.40. The zero-order valence-corrected chi connectivity index (χ0v) is 19.1. The van der Waals surface area contributed by atoms with E-state index in [-0.39, 0.29) is 18.2 Å². The van der Waals surface area contributed by atoms with E-state index in [2.05, 4.69) is 4.90 Å². The van der Waals surface area contributed by atoms with E-state index in [0.29, 0.717) is 18.2 Å². The lowest BCUT2D eigenvalue weighted by Crippen LogP contribution is -2.42. The number of aliphatic hydroxyl groups excluding tert-OH is 1. The molecule has 9 heteroatoms. The van der Waals surface area contributed by atoms with Crippen LogP contribution in [-0.4, -0.2) is 43.4 Å². The molecular formula is C25H29F6NO2. The number of aliphatic hydroxyl groups is 1. The van der Waals surface area contributed by atoms with Gasteiger partial charge >= 0.3 is 12.4 Å². The molecule has 1 aliphatic rings. The summed E-state index contributed by atoms with van der Waals surface area (Å²) in [7, 11) is 4.01. The summed E-state index contributed by atoms with van der Waals surface area (Å²) in [4.78, 5) is 2.15. The van der Waals surface area contributed by atoms with Crippen molar-refractivity contribution >= 4 is 0 Å². The van der Waals surface area contributed by atoms with Crippen LogP contribution < -0.4 is 0 Å². The highest BCUT2D eigenvalue weighted by molar-refractivity contribution is 5.35. The maximum atomic E-state index is 13.3. The van der Waals surface area contributed by atoms with E-state index >= 15 is 0 Å². The van der Waals surface area contributed by atoms with Crippen LogP contribution in [0.2, 0.25) is 0 Å². The molecule has 188 valence electrons. The van der Waals surface area contributed by atoms with Crippen LogP contribution in [0.15, 0.2) is 48.5 Å². The predicted octanol–water partition coefficient (Wildman–Crippen LogP) is 6.22. The summed E-state index contributed by atoms with van der Waals surface area (Å²) in [6.07, 6.45) is -8.02. The highest BCUT2D eigenvalue weighted by atomic mass is 19.4. The minimum absolute atomic E-state index is 0.0694. The molecule has 2 aromatic carbocycles. The molecule has 0 radical (unpaired) electrons. The fourth-order valence-electron chi connectivity index (χ4n) is 4.66. The van der Waals surface area contributed by atoms with Crippen molar-refractivity contribution in [3.8, 4) is 0 Å². The molecule has 0 aromatic heterocycles. The van der Waals surface area contributed by atoms with Crippen molar-refractivity contribution in [3.63, 3.8) is 0 Å². The zero-order valence-electron chi connectivity index (χ0n) is 19.1. The van der Waals surface area contributed by atoms with Gasteiger partial charge in [-0.1, -0.05) is 30.3 Å². The van der Waals surface area contributed by atoms with Gasteiger partial charge in [0.05, 0.1) is 24.3 Å². The van der Waals surface area contributed by atoms with Crippen LogP contribution in [0.3, 0.4) is 0 Å². The Morgan fingerprint density at radius 3 is 1.91 bits per heavy atom. The molecule has 1 N–H and O–H groups in total. The first-order valence-corrected chi connectivity index (χ1v) is 11.1. The average Bonchev–Trinajstić information content (AvgIpc) is 2.79. The van der Waals surface area contributed by atoms with Crippen LogP contribution in [0, 0.1) is 0 Å². The second-order valence-electron chi connectivity index (χ2n) is 9.16. The average molecular weight is 490 g/mol. The molecule has 3 rings (SSSR count). The van der Waals surface area contributed by atoms with Gasteiger partial charge in [0.25, 0.3) is 0 Å². The number of hydrogen-bond donors (Lipinski definition) is 1. The summed E-state index contributed by atoms with van der Waals surface area (Å²) in [5.74, 6) is 0. The van der Waals surface area contributed by atoms with E-state index in [1.807, 2.05) is 44.4 Å². The minimum Gasteiger partial charge on any atom is -0.393 e. The quantitative estimate of drug-likeness (QED) is 0.469. The number of rotatable bonds is 7. The van der Waals surface area contributed by atoms with Gasteiger partial charge in [0.1, 0.15) is 6.10 Å². The highest BCUT2D eigenvalue weighted by Crippen LogP contribution is 2.43. The Labute approximate surface area is 195 Å². The van der Waals surface area contributed by atoms with E-state index < -0.39 is 41.6 Å². The normalized spacial score (nSPS) is 22.7. The van der Waals surface area contributed by atoms with Gasteiger partial charge in [0.2, 0.25) is 0 Å². The number of alkyl halides is 6. The van der Waals surface area contributed by atoms with Crippen molar-refractivity contribution in [2.45, 2.75) is 55.6 Å². The Kier molecular flexibility index (Phi) is 7.99.